The van der Waals surface area contributed by atoms with E-state index in [9.17, 15) is 31.1 Å². The van der Waals surface area contributed by atoms with Gasteiger partial charge in [0.1, 0.15) is 5.75 Å². The lowest BCUT2D eigenvalue weighted by Gasteiger charge is -2.12. The highest BCUT2D eigenvalue weighted by atomic mass is 19.4. The Morgan fingerprint density at radius 2 is 1.56 bits per heavy atom. The van der Waals surface area contributed by atoms with Crippen molar-refractivity contribution in [3.05, 3.63) is 65.4 Å². The number of alkyl halides is 6. The van der Waals surface area contributed by atoms with Crippen LogP contribution in [-0.4, -0.2) is 27.8 Å². The number of carbonyl (C=O) groups is 1. The second-order valence-electron chi connectivity index (χ2n) is 6.21. The predicted octanol–water partition coefficient (Wildman–Crippen LogP) is 5.55. The van der Waals surface area contributed by atoms with Gasteiger partial charge in [-0.25, -0.2) is 4.79 Å². The molecule has 3 rings (SSSR count). The fourth-order valence-corrected chi connectivity index (χ4v) is 2.49. The third-order valence-corrected chi connectivity index (χ3v) is 3.97. The Hall–Kier alpha value is -3.70. The van der Waals surface area contributed by atoms with E-state index in [1.54, 1.807) is 0 Å². The normalized spacial score (nSPS) is 11.8. The summed E-state index contributed by atoms with van der Waals surface area (Å²) >= 11 is 0. The van der Waals surface area contributed by atoms with Crippen LogP contribution in [0.5, 0.6) is 11.6 Å². The average Bonchev–Trinajstić information content (AvgIpc) is 2.73. The summed E-state index contributed by atoms with van der Waals surface area (Å²) in [6.45, 7) is 1.49. The number of halogens is 6. The number of ether oxygens (including phenoxy) is 2. The summed E-state index contributed by atoms with van der Waals surface area (Å²) in [7, 11) is 0. The highest BCUT2D eigenvalue weighted by Crippen LogP contribution is 2.33. The number of carbonyl (C=O) groups excluding carboxylic acids is 1. The molecule has 0 unspecified atom stereocenters. The highest BCUT2D eigenvalue weighted by molar-refractivity contribution is 5.89. The van der Waals surface area contributed by atoms with Crippen molar-refractivity contribution in [3.8, 4) is 23.0 Å². The van der Waals surface area contributed by atoms with Crippen LogP contribution in [0.1, 0.15) is 28.5 Å². The van der Waals surface area contributed by atoms with Crippen molar-refractivity contribution in [2.75, 3.05) is 6.61 Å². The molecule has 0 aliphatic carbocycles. The molecule has 6 nitrogen and oxygen atoms in total. The second kappa shape index (κ2) is 8.81. The fourth-order valence-electron chi connectivity index (χ4n) is 2.49. The largest absolute Gasteiger partial charge is 0.461 e. The maximum absolute atomic E-state index is 13.0. The van der Waals surface area contributed by atoms with Crippen molar-refractivity contribution in [1.82, 2.24) is 15.2 Å². The number of rotatable bonds is 5. The molecule has 1 heterocycles. The standard InChI is InChI=1S/C20H13F6N3O3/c1-2-31-18(30)15-17(32-14-8-6-12(7-9-14)19(21,22)23)27-16(29-28-15)11-4-3-5-13(10-11)20(24,25)26/h3-10H,2H2,1H3. The minimum atomic E-state index is -4.62. The summed E-state index contributed by atoms with van der Waals surface area (Å²) in [6, 6.07) is 7.54. The Kier molecular flexibility index (Phi) is 6.32. The Bertz CT molecular complexity index is 1110. The van der Waals surface area contributed by atoms with Gasteiger partial charge in [0.2, 0.25) is 5.69 Å². The monoisotopic (exact) mass is 457 g/mol. The van der Waals surface area contributed by atoms with Crippen LogP contribution in [0.15, 0.2) is 48.5 Å². The van der Waals surface area contributed by atoms with E-state index >= 15 is 0 Å². The lowest BCUT2D eigenvalue weighted by Crippen LogP contribution is -2.12. The molecule has 3 aromatic rings. The van der Waals surface area contributed by atoms with E-state index in [1.165, 1.54) is 13.0 Å². The van der Waals surface area contributed by atoms with Gasteiger partial charge in [-0.3, -0.25) is 0 Å². The van der Waals surface area contributed by atoms with E-state index in [4.69, 9.17) is 9.47 Å². The number of nitrogens with zero attached hydrogens (tertiary/aromatic N) is 3. The van der Waals surface area contributed by atoms with Gasteiger partial charge in [0.05, 0.1) is 17.7 Å². The van der Waals surface area contributed by atoms with Gasteiger partial charge in [-0.1, -0.05) is 12.1 Å². The van der Waals surface area contributed by atoms with Crippen LogP contribution in [0.3, 0.4) is 0 Å². The van der Waals surface area contributed by atoms with Crippen molar-refractivity contribution in [1.29, 1.82) is 0 Å². The minimum Gasteiger partial charge on any atom is -0.461 e. The maximum Gasteiger partial charge on any atom is 0.416 e. The second-order valence-corrected chi connectivity index (χ2v) is 6.21. The molecule has 0 aliphatic rings. The summed E-state index contributed by atoms with van der Waals surface area (Å²) in [5, 5.41) is 7.31. The van der Waals surface area contributed by atoms with Crippen molar-refractivity contribution < 1.29 is 40.6 Å². The molecule has 1 aromatic heterocycles. The summed E-state index contributed by atoms with van der Waals surface area (Å²) in [6.07, 6.45) is -9.18. The number of aromatic nitrogens is 3. The lowest BCUT2D eigenvalue weighted by atomic mass is 10.1. The van der Waals surface area contributed by atoms with Gasteiger partial charge in [-0.2, -0.15) is 31.3 Å². The van der Waals surface area contributed by atoms with Crippen LogP contribution >= 0.6 is 0 Å². The molecular formula is C20H13F6N3O3. The molecule has 0 N–H and O–H groups in total. The van der Waals surface area contributed by atoms with Gasteiger partial charge in [0, 0.05) is 5.56 Å². The molecule has 32 heavy (non-hydrogen) atoms. The zero-order chi connectivity index (χ0) is 23.5. The molecule has 0 bridgehead atoms. The molecule has 0 spiro atoms. The van der Waals surface area contributed by atoms with E-state index < -0.39 is 41.0 Å². The molecule has 0 fully saturated rings. The first-order valence-electron chi connectivity index (χ1n) is 8.93. The van der Waals surface area contributed by atoms with Crippen molar-refractivity contribution in [3.63, 3.8) is 0 Å². The lowest BCUT2D eigenvalue weighted by molar-refractivity contribution is -0.138. The number of benzene rings is 2. The van der Waals surface area contributed by atoms with Crippen LogP contribution in [0.2, 0.25) is 0 Å². The fraction of sp³-hybridized carbons (Fsp3) is 0.200. The van der Waals surface area contributed by atoms with E-state index in [-0.39, 0.29) is 23.7 Å². The van der Waals surface area contributed by atoms with Gasteiger partial charge < -0.3 is 9.47 Å². The zero-order valence-corrected chi connectivity index (χ0v) is 16.2. The van der Waals surface area contributed by atoms with Crippen molar-refractivity contribution in [2.45, 2.75) is 19.3 Å². The Morgan fingerprint density at radius 1 is 0.906 bits per heavy atom. The molecule has 0 saturated heterocycles. The van der Waals surface area contributed by atoms with Crippen molar-refractivity contribution >= 4 is 5.97 Å². The first kappa shape index (κ1) is 23.0. The molecule has 0 saturated carbocycles. The molecule has 168 valence electrons. The van der Waals surface area contributed by atoms with Crippen LogP contribution in [-0.2, 0) is 17.1 Å². The first-order chi connectivity index (χ1) is 15.0. The molecule has 0 aliphatic heterocycles. The molecular weight excluding hydrogens is 444 g/mol. The van der Waals surface area contributed by atoms with Crippen molar-refractivity contribution in [2.24, 2.45) is 0 Å². The molecule has 0 radical (unpaired) electrons. The van der Waals surface area contributed by atoms with Crippen LogP contribution in [0, 0.1) is 0 Å². The van der Waals surface area contributed by atoms with E-state index in [1.807, 2.05) is 0 Å². The smallest absolute Gasteiger partial charge is 0.416 e. The highest BCUT2D eigenvalue weighted by Gasteiger charge is 2.31. The number of hydrogen-bond donors (Lipinski definition) is 0. The van der Waals surface area contributed by atoms with Gasteiger partial charge in [-0.15, -0.1) is 10.2 Å². The Balaban J connectivity index is 2.02. The van der Waals surface area contributed by atoms with E-state index in [0.717, 1.165) is 42.5 Å². The topological polar surface area (TPSA) is 74.2 Å². The summed E-state index contributed by atoms with van der Waals surface area (Å²) in [5.74, 6) is -1.90. The quantitative estimate of drug-likeness (QED) is 0.370. The molecule has 0 atom stereocenters. The summed E-state index contributed by atoms with van der Waals surface area (Å²) in [4.78, 5) is 16.1. The SMILES string of the molecule is CCOC(=O)c1nnc(-c2cccc(C(F)(F)F)c2)nc1Oc1ccc(C(F)(F)F)cc1. The Labute approximate surface area is 176 Å². The Morgan fingerprint density at radius 3 is 2.16 bits per heavy atom. The third-order valence-electron chi connectivity index (χ3n) is 3.97. The summed E-state index contributed by atoms with van der Waals surface area (Å²) in [5.41, 5.74) is -2.46. The molecule has 12 heteroatoms. The molecule has 0 amide bonds. The number of hydrogen-bond acceptors (Lipinski definition) is 6. The van der Waals surface area contributed by atoms with Gasteiger partial charge >= 0.3 is 18.3 Å². The van der Waals surface area contributed by atoms with Crippen LogP contribution in [0.4, 0.5) is 26.3 Å². The first-order valence-corrected chi connectivity index (χ1v) is 8.93. The van der Waals surface area contributed by atoms with Gasteiger partial charge in [0.25, 0.3) is 5.88 Å². The van der Waals surface area contributed by atoms with E-state index in [2.05, 4.69) is 15.2 Å². The van der Waals surface area contributed by atoms with E-state index in [0.29, 0.717) is 0 Å². The van der Waals surface area contributed by atoms with Gasteiger partial charge in [-0.05, 0) is 43.3 Å². The summed E-state index contributed by atoms with van der Waals surface area (Å²) < 4.78 is 87.5. The van der Waals surface area contributed by atoms with Crippen LogP contribution < -0.4 is 4.74 Å². The number of esters is 1. The molecule has 2 aromatic carbocycles. The predicted molar refractivity (Wildman–Crippen MR) is 97.7 cm³/mol. The minimum absolute atomic E-state index is 0.0321. The maximum atomic E-state index is 13.0. The third kappa shape index (κ3) is 5.31. The van der Waals surface area contributed by atoms with Gasteiger partial charge in [0.15, 0.2) is 5.82 Å². The zero-order valence-electron chi connectivity index (χ0n) is 16.2. The average molecular weight is 457 g/mol. The van der Waals surface area contributed by atoms with Crippen LogP contribution in [0.25, 0.3) is 11.4 Å².